The Morgan fingerprint density at radius 1 is 1.00 bits per heavy atom. The molecule has 4 rings (SSSR count). The Balaban J connectivity index is 0.00000169. The first-order valence-corrected chi connectivity index (χ1v) is 8.30. The Kier molecular flexibility index (Phi) is 4.79. The van der Waals surface area contributed by atoms with Crippen LogP contribution >= 0.6 is 0 Å². The number of benzene rings is 2. The van der Waals surface area contributed by atoms with Crippen LogP contribution in [0.25, 0.3) is 0 Å². The molecule has 0 radical (unpaired) electrons. The topological polar surface area (TPSA) is 36.3 Å². The van der Waals surface area contributed by atoms with Gasteiger partial charge >= 0.3 is 0 Å². The van der Waals surface area contributed by atoms with Crippen LogP contribution in [-0.2, 0) is 16.7 Å². The van der Waals surface area contributed by atoms with E-state index in [1.807, 2.05) is 0 Å². The predicted octanol–water partition coefficient (Wildman–Crippen LogP) is 1.04. The van der Waals surface area contributed by atoms with E-state index < -0.39 is 0 Å². The van der Waals surface area contributed by atoms with Crippen molar-refractivity contribution in [2.24, 2.45) is 0 Å². The maximum Gasteiger partial charge on any atom is 0.112 e. The van der Waals surface area contributed by atoms with Gasteiger partial charge in [-0.15, -0.1) is 0 Å². The van der Waals surface area contributed by atoms with Gasteiger partial charge in [0.05, 0.1) is 5.41 Å². The first kappa shape index (κ1) is 17.2. The second-order valence-electron chi connectivity index (χ2n) is 6.62. The van der Waals surface area contributed by atoms with Crippen LogP contribution in [0.15, 0.2) is 48.5 Å². The third-order valence-electron chi connectivity index (χ3n) is 5.28. The average molecular weight is 386 g/mol. The van der Waals surface area contributed by atoms with Gasteiger partial charge in [0.25, 0.3) is 0 Å². The highest BCUT2D eigenvalue weighted by Gasteiger charge is 2.45. The Bertz CT molecular complexity index is 736. The van der Waals surface area contributed by atoms with E-state index in [-0.39, 0.29) is 22.4 Å². The lowest BCUT2D eigenvalue weighted by atomic mass is 9.69. The Hall–Kier alpha value is -1.65. The fraction of sp³-hybridized carbons (Fsp3) is 0.350. The van der Waals surface area contributed by atoms with Gasteiger partial charge in [-0.3, -0.25) is 5.41 Å². The Labute approximate surface area is 153 Å². The van der Waals surface area contributed by atoms with Gasteiger partial charge in [-0.25, -0.2) is 0 Å². The third-order valence-corrected chi connectivity index (χ3v) is 5.28. The zero-order chi connectivity index (χ0) is 15.9. The van der Waals surface area contributed by atoms with E-state index in [0.29, 0.717) is 0 Å². The zero-order valence-electron chi connectivity index (χ0n) is 13.9. The smallest absolute Gasteiger partial charge is 0.112 e. The van der Waals surface area contributed by atoms with Crippen molar-refractivity contribution in [3.8, 4) is 0 Å². The Morgan fingerprint density at radius 2 is 1.67 bits per heavy atom. The molecule has 0 bridgehead atoms. The lowest BCUT2D eigenvalue weighted by molar-refractivity contribution is -0.00000638. The summed E-state index contributed by atoms with van der Waals surface area (Å²) in [5.74, 6) is 0.725. The standard InChI is InChI=1S/C20H22N2O.BrH/c1-15-6-8-17(9-7-15)22-14-16-4-2-3-5-18(16)20(19(22)21)10-12-23-13-11-20;/h2-9,21H,10-14H2,1H3;1H/p-1. The van der Waals surface area contributed by atoms with Crippen LogP contribution in [0.4, 0.5) is 5.69 Å². The van der Waals surface area contributed by atoms with Crippen LogP contribution < -0.4 is 21.9 Å². The van der Waals surface area contributed by atoms with Crippen LogP contribution in [0.3, 0.4) is 0 Å². The van der Waals surface area contributed by atoms with Crippen LogP contribution in [0.1, 0.15) is 29.5 Å². The molecule has 0 amide bonds. The van der Waals surface area contributed by atoms with Crippen molar-refractivity contribution in [1.29, 1.82) is 5.41 Å². The zero-order valence-corrected chi connectivity index (χ0v) is 15.5. The van der Waals surface area contributed by atoms with Gasteiger partial charge in [0.1, 0.15) is 5.84 Å². The van der Waals surface area contributed by atoms with Crippen molar-refractivity contribution in [1.82, 2.24) is 0 Å². The molecule has 2 heterocycles. The fourth-order valence-corrected chi connectivity index (χ4v) is 3.93. The number of ether oxygens (including phenoxy) is 1. The van der Waals surface area contributed by atoms with Gasteiger partial charge in [0.15, 0.2) is 0 Å². The summed E-state index contributed by atoms with van der Waals surface area (Å²) in [5.41, 5.74) is 4.83. The van der Waals surface area contributed by atoms with Gasteiger partial charge in [-0.1, -0.05) is 42.0 Å². The summed E-state index contributed by atoms with van der Waals surface area (Å²) in [6, 6.07) is 17.1. The van der Waals surface area contributed by atoms with E-state index in [1.165, 1.54) is 16.7 Å². The summed E-state index contributed by atoms with van der Waals surface area (Å²) in [4.78, 5) is 2.17. The highest BCUT2D eigenvalue weighted by Crippen LogP contribution is 2.43. The Morgan fingerprint density at radius 3 is 2.38 bits per heavy atom. The summed E-state index contributed by atoms with van der Waals surface area (Å²) in [6.07, 6.45) is 1.79. The van der Waals surface area contributed by atoms with Crippen molar-refractivity contribution >= 4 is 11.5 Å². The number of nitrogens with zero attached hydrogens (tertiary/aromatic N) is 1. The molecule has 2 aromatic carbocycles. The third kappa shape index (κ3) is 2.68. The first-order valence-electron chi connectivity index (χ1n) is 8.30. The molecule has 0 unspecified atom stereocenters. The number of rotatable bonds is 1. The molecule has 0 atom stereocenters. The van der Waals surface area contributed by atoms with E-state index in [4.69, 9.17) is 10.1 Å². The molecule has 0 aliphatic carbocycles. The number of hydrogen-bond acceptors (Lipinski definition) is 2. The summed E-state index contributed by atoms with van der Waals surface area (Å²) >= 11 is 0. The van der Waals surface area contributed by atoms with Crippen molar-refractivity contribution in [2.45, 2.75) is 31.7 Å². The molecule has 2 aliphatic heterocycles. The van der Waals surface area contributed by atoms with Crippen LogP contribution in [0.2, 0.25) is 0 Å². The molecule has 24 heavy (non-hydrogen) atoms. The molecule has 1 N–H and O–H groups in total. The van der Waals surface area contributed by atoms with Gasteiger partial charge in [-0.05, 0) is 43.0 Å². The second-order valence-corrected chi connectivity index (χ2v) is 6.62. The minimum absolute atomic E-state index is 0. The molecule has 1 fully saturated rings. The van der Waals surface area contributed by atoms with Crippen LogP contribution in [0.5, 0.6) is 0 Å². The van der Waals surface area contributed by atoms with Gasteiger partial charge in [0.2, 0.25) is 0 Å². The monoisotopic (exact) mass is 385 g/mol. The van der Waals surface area contributed by atoms with Crippen molar-refractivity contribution in [3.63, 3.8) is 0 Å². The molecule has 0 saturated carbocycles. The molecule has 126 valence electrons. The number of nitrogens with one attached hydrogen (secondary N) is 1. The minimum atomic E-state index is -0.196. The lowest BCUT2D eigenvalue weighted by Gasteiger charge is -2.47. The summed E-state index contributed by atoms with van der Waals surface area (Å²) in [5, 5.41) is 8.98. The number of halogens is 1. The molecule has 4 heteroatoms. The maximum atomic E-state index is 8.98. The number of aryl methyl sites for hydroxylation is 1. The molecule has 1 spiro atoms. The van der Waals surface area contributed by atoms with E-state index in [2.05, 4.69) is 60.4 Å². The molecule has 2 aliphatic rings. The minimum Gasteiger partial charge on any atom is -1.00 e. The van der Waals surface area contributed by atoms with E-state index in [9.17, 15) is 0 Å². The molecular weight excluding hydrogens is 364 g/mol. The largest absolute Gasteiger partial charge is 1.00 e. The number of amidine groups is 1. The average Bonchev–Trinajstić information content (AvgIpc) is 2.60. The van der Waals surface area contributed by atoms with E-state index >= 15 is 0 Å². The molecular formula is C20H22BrN2O-. The normalized spacial score (nSPS) is 18.9. The van der Waals surface area contributed by atoms with E-state index in [0.717, 1.165) is 44.1 Å². The maximum absolute atomic E-state index is 8.98. The molecule has 0 aromatic heterocycles. The number of anilines is 1. The fourth-order valence-electron chi connectivity index (χ4n) is 3.93. The highest BCUT2D eigenvalue weighted by molar-refractivity contribution is 6.05. The summed E-state index contributed by atoms with van der Waals surface area (Å²) in [7, 11) is 0. The predicted molar refractivity (Wildman–Crippen MR) is 93.3 cm³/mol. The lowest BCUT2D eigenvalue weighted by Crippen LogP contribution is -3.00. The second kappa shape index (κ2) is 6.69. The quantitative estimate of drug-likeness (QED) is 0.796. The molecule has 1 saturated heterocycles. The van der Waals surface area contributed by atoms with Gasteiger partial charge in [-0.2, -0.15) is 0 Å². The molecule has 2 aromatic rings. The van der Waals surface area contributed by atoms with Crippen molar-refractivity contribution in [2.75, 3.05) is 18.1 Å². The van der Waals surface area contributed by atoms with E-state index in [1.54, 1.807) is 0 Å². The first-order chi connectivity index (χ1) is 11.2. The van der Waals surface area contributed by atoms with Gasteiger partial charge < -0.3 is 26.6 Å². The number of hydrogen-bond donors (Lipinski definition) is 1. The highest BCUT2D eigenvalue weighted by atomic mass is 79.9. The van der Waals surface area contributed by atoms with Crippen molar-refractivity contribution < 1.29 is 21.7 Å². The summed E-state index contributed by atoms with van der Waals surface area (Å²) in [6.45, 7) is 4.35. The SMILES string of the molecule is Cc1ccc(N2Cc3ccccc3C3(CCOCC3)C2=N)cc1.[Br-]. The molecule has 3 nitrogen and oxygen atoms in total. The van der Waals surface area contributed by atoms with Crippen LogP contribution in [0, 0.1) is 12.3 Å². The van der Waals surface area contributed by atoms with Crippen molar-refractivity contribution in [3.05, 3.63) is 65.2 Å². The van der Waals surface area contributed by atoms with Crippen LogP contribution in [-0.4, -0.2) is 19.0 Å². The summed E-state index contributed by atoms with van der Waals surface area (Å²) < 4.78 is 5.60. The van der Waals surface area contributed by atoms with Gasteiger partial charge in [0, 0.05) is 25.4 Å². The number of fused-ring (bicyclic) bond motifs is 2.